The number of hydrogen-bond donors (Lipinski definition) is 0. The largest absolute Gasteiger partial charge is 0.456 e. The van der Waals surface area contributed by atoms with E-state index in [9.17, 15) is 5.26 Å². The Kier molecular flexibility index (Phi) is 8.70. The van der Waals surface area contributed by atoms with Crippen LogP contribution in [0.3, 0.4) is 0 Å². The van der Waals surface area contributed by atoms with Crippen LogP contribution in [0.1, 0.15) is 27.8 Å². The Hall–Kier alpha value is -7.94. The predicted octanol–water partition coefficient (Wildman–Crippen LogP) is 12.6. The van der Waals surface area contributed by atoms with Gasteiger partial charge in [-0.2, -0.15) is 5.26 Å². The highest BCUT2D eigenvalue weighted by molar-refractivity contribution is 5.81. The molecule has 0 aliphatic carbocycles. The van der Waals surface area contributed by atoms with E-state index >= 15 is 0 Å². The summed E-state index contributed by atoms with van der Waals surface area (Å²) in [7, 11) is 0. The van der Waals surface area contributed by atoms with Crippen molar-refractivity contribution < 1.29 is 4.74 Å². The first-order valence-corrected chi connectivity index (χ1v) is 19.2. The second-order valence-electron chi connectivity index (χ2n) is 14.3. The van der Waals surface area contributed by atoms with Gasteiger partial charge in [0.05, 0.1) is 17.0 Å². The fraction of sp³-hybridized carbons (Fsp3) is 0.0189. The molecule has 0 fully saturated rings. The van der Waals surface area contributed by atoms with Crippen molar-refractivity contribution in [3.63, 3.8) is 0 Å². The first-order chi connectivity index (χ1) is 28.7. The van der Waals surface area contributed by atoms with Gasteiger partial charge >= 0.3 is 0 Å². The highest BCUT2D eigenvalue weighted by Crippen LogP contribution is 2.57. The summed E-state index contributed by atoms with van der Waals surface area (Å²) in [5.74, 6) is 3.38. The summed E-state index contributed by atoms with van der Waals surface area (Å²) in [6, 6.07) is 72.7. The maximum atomic E-state index is 9.51. The summed E-state index contributed by atoms with van der Waals surface area (Å²) in [6.45, 7) is 0. The number of fused-ring (bicyclic) bond motifs is 2. The summed E-state index contributed by atoms with van der Waals surface area (Å²) in [4.78, 5) is 15.0. The fourth-order valence-corrected chi connectivity index (χ4v) is 8.21. The first-order valence-electron chi connectivity index (χ1n) is 19.2. The molecule has 0 atom stereocenters. The van der Waals surface area contributed by atoms with E-state index in [4.69, 9.17) is 19.7 Å². The van der Waals surface area contributed by atoms with Gasteiger partial charge < -0.3 is 4.74 Å². The molecule has 58 heavy (non-hydrogen) atoms. The average Bonchev–Trinajstić information content (AvgIpc) is 3.31. The maximum Gasteiger partial charge on any atom is 0.164 e. The SMILES string of the molecule is N#Cc1cccc(-c2cccc(-c3nc(-c4ccccc4)nc(-c4ccc(-c5cccc6c5Oc5ccccc5C6(c5ccccc5)c5ccccc5)cc4)n3)c2)c1. The van der Waals surface area contributed by atoms with Crippen molar-refractivity contribution in [1.29, 1.82) is 5.26 Å². The summed E-state index contributed by atoms with van der Waals surface area (Å²) < 4.78 is 6.91. The van der Waals surface area contributed by atoms with Gasteiger partial charge in [0, 0.05) is 33.4 Å². The highest BCUT2D eigenvalue weighted by atomic mass is 16.5. The van der Waals surface area contributed by atoms with Crippen molar-refractivity contribution in [2.45, 2.75) is 5.41 Å². The average molecular weight is 743 g/mol. The van der Waals surface area contributed by atoms with Crippen molar-refractivity contribution in [2.75, 3.05) is 0 Å². The van der Waals surface area contributed by atoms with Crippen LogP contribution < -0.4 is 4.74 Å². The van der Waals surface area contributed by atoms with Crippen LogP contribution in [0.5, 0.6) is 11.5 Å². The van der Waals surface area contributed by atoms with Crippen molar-refractivity contribution in [2.24, 2.45) is 0 Å². The van der Waals surface area contributed by atoms with E-state index in [0.717, 1.165) is 61.6 Å². The molecule has 2 heterocycles. The summed E-state index contributed by atoms with van der Waals surface area (Å²) in [6.07, 6.45) is 0. The molecule has 10 rings (SSSR count). The van der Waals surface area contributed by atoms with E-state index in [1.54, 1.807) is 0 Å². The number of nitriles is 1. The number of aromatic nitrogens is 3. The lowest BCUT2D eigenvalue weighted by Crippen LogP contribution is -2.34. The minimum atomic E-state index is -0.604. The zero-order chi connectivity index (χ0) is 38.9. The fourth-order valence-electron chi connectivity index (χ4n) is 8.21. The van der Waals surface area contributed by atoms with Crippen LogP contribution in [0, 0.1) is 11.3 Å². The normalized spacial score (nSPS) is 12.4. The molecule has 0 bridgehead atoms. The number of benzene rings is 8. The smallest absolute Gasteiger partial charge is 0.164 e. The number of para-hydroxylation sites is 2. The second-order valence-corrected chi connectivity index (χ2v) is 14.3. The Morgan fingerprint density at radius 3 is 1.55 bits per heavy atom. The Balaban J connectivity index is 1.09. The molecule has 1 aliphatic rings. The molecule has 5 nitrogen and oxygen atoms in total. The minimum absolute atomic E-state index is 0.563. The van der Waals surface area contributed by atoms with Crippen molar-refractivity contribution in [3.8, 4) is 74.0 Å². The molecule has 272 valence electrons. The lowest BCUT2D eigenvalue weighted by atomic mass is 9.63. The molecule has 9 aromatic rings. The first kappa shape index (κ1) is 34.5. The molecule has 0 spiro atoms. The molecule has 1 aromatic heterocycles. The van der Waals surface area contributed by atoms with Gasteiger partial charge in [0.15, 0.2) is 17.5 Å². The van der Waals surface area contributed by atoms with E-state index in [-0.39, 0.29) is 0 Å². The van der Waals surface area contributed by atoms with Crippen molar-refractivity contribution in [3.05, 3.63) is 234 Å². The number of nitrogens with zero attached hydrogens (tertiary/aromatic N) is 4. The topological polar surface area (TPSA) is 71.7 Å². The summed E-state index contributed by atoms with van der Waals surface area (Å²) in [5.41, 5.74) is 11.1. The molecular formula is C53H34N4O. The van der Waals surface area contributed by atoms with Gasteiger partial charge in [-0.05, 0) is 52.1 Å². The van der Waals surface area contributed by atoms with Crippen LogP contribution >= 0.6 is 0 Å². The standard InChI is InChI=1S/C53H34N4O/c54-35-36-15-12-18-40(33-36)41-19-13-20-42(34-41)52-56-50(38-16-4-1-5-17-38)55-51(57-52)39-31-29-37(30-32-39)45-25-14-27-47-49(45)58-48-28-11-10-26-46(48)53(47,43-21-6-2-7-22-43)44-23-8-3-9-24-44/h1-34H. The van der Waals surface area contributed by atoms with Crippen molar-refractivity contribution >= 4 is 0 Å². The monoisotopic (exact) mass is 742 g/mol. The van der Waals surface area contributed by atoms with Crippen LogP contribution in [0.2, 0.25) is 0 Å². The lowest BCUT2D eigenvalue weighted by molar-refractivity contribution is 0.436. The van der Waals surface area contributed by atoms with Crippen LogP contribution in [-0.2, 0) is 5.41 Å². The Labute approximate surface area is 337 Å². The van der Waals surface area contributed by atoms with Crippen LogP contribution in [-0.4, -0.2) is 15.0 Å². The van der Waals surface area contributed by atoms with E-state index in [0.29, 0.717) is 23.0 Å². The third-order valence-corrected chi connectivity index (χ3v) is 10.9. The molecule has 0 amide bonds. The van der Waals surface area contributed by atoms with Crippen LogP contribution in [0.15, 0.2) is 206 Å². The molecule has 0 unspecified atom stereocenters. The van der Waals surface area contributed by atoms with Gasteiger partial charge in [0.1, 0.15) is 11.5 Å². The quantitative estimate of drug-likeness (QED) is 0.163. The zero-order valence-electron chi connectivity index (χ0n) is 31.3. The zero-order valence-corrected chi connectivity index (χ0v) is 31.3. The molecular weight excluding hydrogens is 709 g/mol. The lowest BCUT2D eigenvalue weighted by Gasteiger charge is -2.42. The van der Waals surface area contributed by atoms with E-state index in [1.807, 2.05) is 78.9 Å². The third-order valence-electron chi connectivity index (χ3n) is 10.9. The summed E-state index contributed by atoms with van der Waals surface area (Å²) >= 11 is 0. The highest BCUT2D eigenvalue weighted by Gasteiger charge is 2.45. The second kappa shape index (κ2) is 14.6. The third kappa shape index (κ3) is 6.01. The predicted molar refractivity (Wildman–Crippen MR) is 230 cm³/mol. The van der Waals surface area contributed by atoms with E-state index in [1.165, 1.54) is 11.1 Å². The van der Waals surface area contributed by atoms with E-state index in [2.05, 4.69) is 133 Å². The minimum Gasteiger partial charge on any atom is -0.456 e. The molecule has 1 aliphatic heterocycles. The van der Waals surface area contributed by atoms with Gasteiger partial charge in [0.25, 0.3) is 0 Å². The van der Waals surface area contributed by atoms with Crippen LogP contribution in [0.4, 0.5) is 0 Å². The van der Waals surface area contributed by atoms with E-state index < -0.39 is 5.41 Å². The molecule has 0 radical (unpaired) electrons. The molecule has 0 saturated heterocycles. The van der Waals surface area contributed by atoms with Crippen LogP contribution in [0.25, 0.3) is 56.4 Å². The molecule has 8 aromatic carbocycles. The van der Waals surface area contributed by atoms with Gasteiger partial charge in [0.2, 0.25) is 0 Å². The van der Waals surface area contributed by atoms with Gasteiger partial charge in [-0.3, -0.25) is 0 Å². The number of hydrogen-bond acceptors (Lipinski definition) is 5. The summed E-state index contributed by atoms with van der Waals surface area (Å²) in [5, 5.41) is 9.51. The van der Waals surface area contributed by atoms with Crippen molar-refractivity contribution in [1.82, 2.24) is 15.0 Å². The maximum absolute atomic E-state index is 9.51. The number of rotatable bonds is 7. The number of ether oxygens (including phenoxy) is 1. The molecule has 0 saturated carbocycles. The molecule has 0 N–H and O–H groups in total. The molecule has 5 heteroatoms. The van der Waals surface area contributed by atoms with Gasteiger partial charge in [-0.15, -0.1) is 0 Å². The Morgan fingerprint density at radius 1 is 0.397 bits per heavy atom. The Morgan fingerprint density at radius 2 is 0.879 bits per heavy atom. The van der Waals surface area contributed by atoms with Gasteiger partial charge in [-0.25, -0.2) is 15.0 Å². The Bertz CT molecular complexity index is 2940. The van der Waals surface area contributed by atoms with Gasteiger partial charge in [-0.1, -0.05) is 182 Å².